The van der Waals surface area contributed by atoms with Crippen LogP contribution in [-0.4, -0.2) is 55.6 Å². The summed E-state index contributed by atoms with van der Waals surface area (Å²) in [6.45, 7) is 3.41. The van der Waals surface area contributed by atoms with E-state index in [0.29, 0.717) is 67.5 Å². The third-order valence-electron chi connectivity index (χ3n) is 5.82. The van der Waals surface area contributed by atoms with E-state index in [4.69, 9.17) is 18.9 Å². The largest absolute Gasteiger partial charge is 0.497 e. The Kier molecular flexibility index (Phi) is 6.02. The van der Waals surface area contributed by atoms with Crippen molar-refractivity contribution in [3.63, 3.8) is 0 Å². The van der Waals surface area contributed by atoms with E-state index in [1.165, 1.54) is 0 Å². The van der Waals surface area contributed by atoms with Crippen molar-refractivity contribution in [1.82, 2.24) is 4.90 Å². The summed E-state index contributed by atoms with van der Waals surface area (Å²) in [6, 6.07) is 12.6. The van der Waals surface area contributed by atoms with Gasteiger partial charge in [-0.15, -0.1) is 0 Å². The Morgan fingerprint density at radius 3 is 2.48 bits per heavy atom. The number of fused-ring (bicyclic) bond motifs is 1. The number of piperidine rings is 1. The number of hydrogen-bond donors (Lipinski definition) is 0. The minimum absolute atomic E-state index is 0.0517. The third kappa shape index (κ3) is 4.45. The number of carbonyl (C=O) groups is 2. The van der Waals surface area contributed by atoms with Crippen LogP contribution in [0, 0.1) is 0 Å². The van der Waals surface area contributed by atoms with Gasteiger partial charge in [0, 0.05) is 25.9 Å². The molecule has 1 amide bonds. The number of para-hydroxylation sites is 2. The predicted molar refractivity (Wildman–Crippen MR) is 114 cm³/mol. The molecule has 1 saturated heterocycles. The Bertz CT molecular complexity index is 964. The number of rotatable bonds is 6. The normalized spacial score (nSPS) is 17.0. The molecule has 0 saturated carbocycles. The summed E-state index contributed by atoms with van der Waals surface area (Å²) in [7, 11) is 1.57. The molecule has 7 nitrogen and oxygen atoms in total. The average molecular weight is 425 g/mol. The number of amides is 1. The van der Waals surface area contributed by atoms with Gasteiger partial charge in [-0.05, 0) is 37.3 Å². The van der Waals surface area contributed by atoms with Gasteiger partial charge in [0.1, 0.15) is 17.1 Å². The zero-order valence-corrected chi connectivity index (χ0v) is 17.9. The lowest BCUT2D eigenvalue weighted by molar-refractivity contribution is -0.136. The van der Waals surface area contributed by atoms with Gasteiger partial charge >= 0.3 is 0 Å². The maximum Gasteiger partial charge on any atom is 0.260 e. The highest BCUT2D eigenvalue weighted by atomic mass is 16.5. The SMILES string of the molecule is CCOc1ccccc1OCC(=O)N1CCC2(CC1)CC(=O)c1cc(OC)ccc1O2. The molecule has 2 heterocycles. The minimum Gasteiger partial charge on any atom is -0.497 e. The summed E-state index contributed by atoms with van der Waals surface area (Å²) >= 11 is 0. The van der Waals surface area contributed by atoms with Crippen molar-refractivity contribution in [2.75, 3.05) is 33.4 Å². The molecule has 0 unspecified atom stereocenters. The van der Waals surface area contributed by atoms with Crippen LogP contribution < -0.4 is 18.9 Å². The lowest BCUT2D eigenvalue weighted by atomic mass is 9.82. The van der Waals surface area contributed by atoms with Gasteiger partial charge in [0.05, 0.1) is 25.7 Å². The Hall–Kier alpha value is -3.22. The topological polar surface area (TPSA) is 74.3 Å². The van der Waals surface area contributed by atoms with Crippen LogP contribution in [0.25, 0.3) is 0 Å². The van der Waals surface area contributed by atoms with E-state index >= 15 is 0 Å². The zero-order valence-electron chi connectivity index (χ0n) is 17.9. The molecule has 0 atom stereocenters. The number of benzene rings is 2. The standard InChI is InChI=1S/C24H27NO6/c1-3-29-21-6-4-5-7-22(21)30-16-23(27)25-12-10-24(11-13-25)15-19(26)18-14-17(28-2)8-9-20(18)31-24/h4-9,14H,3,10-13,15-16H2,1-2H3. The lowest BCUT2D eigenvalue weighted by Gasteiger charge is -2.43. The number of nitrogens with zero attached hydrogens (tertiary/aromatic N) is 1. The summed E-state index contributed by atoms with van der Waals surface area (Å²) in [5.41, 5.74) is 0.00238. The van der Waals surface area contributed by atoms with E-state index in [-0.39, 0.29) is 18.3 Å². The van der Waals surface area contributed by atoms with Crippen LogP contribution in [0.1, 0.15) is 36.5 Å². The van der Waals surface area contributed by atoms with E-state index < -0.39 is 5.60 Å². The van der Waals surface area contributed by atoms with Crippen molar-refractivity contribution in [3.05, 3.63) is 48.0 Å². The van der Waals surface area contributed by atoms with E-state index in [9.17, 15) is 9.59 Å². The van der Waals surface area contributed by atoms with Crippen molar-refractivity contribution >= 4 is 11.7 Å². The molecule has 2 aliphatic heterocycles. The first-order valence-corrected chi connectivity index (χ1v) is 10.6. The first kappa shape index (κ1) is 21.0. The van der Waals surface area contributed by atoms with Gasteiger partial charge in [-0.2, -0.15) is 0 Å². The molecule has 0 aliphatic carbocycles. The predicted octanol–water partition coefficient (Wildman–Crippen LogP) is 3.50. The molecule has 1 fully saturated rings. The maximum atomic E-state index is 12.7. The van der Waals surface area contributed by atoms with Crippen LogP contribution >= 0.6 is 0 Å². The molecule has 2 aromatic carbocycles. The molecule has 4 rings (SSSR count). The van der Waals surface area contributed by atoms with Crippen molar-refractivity contribution in [1.29, 1.82) is 0 Å². The quantitative estimate of drug-likeness (QED) is 0.705. The number of Topliss-reactive ketones (excluding diaryl/α,β-unsaturated/α-hetero) is 1. The van der Waals surface area contributed by atoms with Crippen LogP contribution in [-0.2, 0) is 4.79 Å². The fourth-order valence-corrected chi connectivity index (χ4v) is 4.12. The van der Waals surface area contributed by atoms with Gasteiger partial charge < -0.3 is 23.8 Å². The second-order valence-electron chi connectivity index (χ2n) is 7.80. The number of ketones is 1. The van der Waals surface area contributed by atoms with Gasteiger partial charge in [-0.1, -0.05) is 12.1 Å². The van der Waals surface area contributed by atoms with Gasteiger partial charge in [0.25, 0.3) is 5.91 Å². The van der Waals surface area contributed by atoms with Crippen molar-refractivity contribution in [3.8, 4) is 23.0 Å². The highest BCUT2D eigenvalue weighted by Crippen LogP contribution is 2.40. The number of methoxy groups -OCH3 is 1. The summed E-state index contributed by atoms with van der Waals surface area (Å²) in [5, 5.41) is 0. The molecular weight excluding hydrogens is 398 g/mol. The van der Waals surface area contributed by atoms with Gasteiger partial charge in [-0.3, -0.25) is 9.59 Å². The maximum absolute atomic E-state index is 12.7. The van der Waals surface area contributed by atoms with E-state index in [0.717, 1.165) is 0 Å². The molecule has 0 bridgehead atoms. The summed E-state index contributed by atoms with van der Waals surface area (Å²) < 4.78 is 22.7. The summed E-state index contributed by atoms with van der Waals surface area (Å²) in [4.78, 5) is 27.2. The number of likely N-dealkylation sites (tertiary alicyclic amines) is 1. The fourth-order valence-electron chi connectivity index (χ4n) is 4.12. The average Bonchev–Trinajstić information content (AvgIpc) is 2.79. The zero-order chi connectivity index (χ0) is 21.8. The number of carbonyl (C=O) groups excluding carboxylic acids is 2. The monoisotopic (exact) mass is 425 g/mol. The molecule has 164 valence electrons. The van der Waals surface area contributed by atoms with Crippen LogP contribution in [0.5, 0.6) is 23.0 Å². The highest BCUT2D eigenvalue weighted by molar-refractivity contribution is 6.00. The Labute approximate surface area is 181 Å². The third-order valence-corrected chi connectivity index (χ3v) is 5.82. The second kappa shape index (κ2) is 8.88. The van der Waals surface area contributed by atoms with Crippen LogP contribution in [0.2, 0.25) is 0 Å². The van der Waals surface area contributed by atoms with Crippen LogP contribution in [0.15, 0.2) is 42.5 Å². The molecule has 1 spiro atoms. The second-order valence-corrected chi connectivity index (χ2v) is 7.80. The van der Waals surface area contributed by atoms with Crippen molar-refractivity contribution in [2.45, 2.75) is 31.8 Å². The molecule has 0 N–H and O–H groups in total. The fraction of sp³-hybridized carbons (Fsp3) is 0.417. The van der Waals surface area contributed by atoms with Crippen LogP contribution in [0.3, 0.4) is 0 Å². The number of hydrogen-bond acceptors (Lipinski definition) is 6. The molecule has 0 radical (unpaired) electrons. The molecule has 31 heavy (non-hydrogen) atoms. The highest BCUT2D eigenvalue weighted by Gasteiger charge is 2.43. The number of ether oxygens (including phenoxy) is 4. The first-order valence-electron chi connectivity index (χ1n) is 10.6. The Morgan fingerprint density at radius 2 is 1.81 bits per heavy atom. The van der Waals surface area contributed by atoms with Crippen molar-refractivity contribution < 1.29 is 28.5 Å². The smallest absolute Gasteiger partial charge is 0.260 e. The molecular formula is C24H27NO6. The lowest BCUT2D eigenvalue weighted by Crippen LogP contribution is -2.53. The summed E-state index contributed by atoms with van der Waals surface area (Å²) in [5.74, 6) is 2.37. The van der Waals surface area contributed by atoms with Crippen LogP contribution in [0.4, 0.5) is 0 Å². The minimum atomic E-state index is -0.558. The molecule has 7 heteroatoms. The van der Waals surface area contributed by atoms with Crippen molar-refractivity contribution in [2.24, 2.45) is 0 Å². The van der Waals surface area contributed by atoms with Gasteiger partial charge in [0.2, 0.25) is 0 Å². The Balaban J connectivity index is 1.35. The summed E-state index contributed by atoms with van der Waals surface area (Å²) in [6.07, 6.45) is 1.52. The van der Waals surface area contributed by atoms with Gasteiger partial charge in [-0.25, -0.2) is 0 Å². The van der Waals surface area contributed by atoms with E-state index in [1.807, 2.05) is 25.1 Å². The molecule has 2 aromatic rings. The van der Waals surface area contributed by atoms with E-state index in [1.54, 1.807) is 36.3 Å². The van der Waals surface area contributed by atoms with E-state index in [2.05, 4.69) is 0 Å². The molecule has 0 aromatic heterocycles. The Morgan fingerprint density at radius 1 is 1.10 bits per heavy atom. The first-order chi connectivity index (χ1) is 15.0. The molecule has 2 aliphatic rings. The van der Waals surface area contributed by atoms with Gasteiger partial charge in [0.15, 0.2) is 23.9 Å².